The molecule has 0 fully saturated rings. The second-order valence-electron chi connectivity index (χ2n) is 4.05. The zero-order chi connectivity index (χ0) is 12.4. The van der Waals surface area contributed by atoms with Crippen molar-refractivity contribution < 1.29 is 8.81 Å². The first-order valence-corrected chi connectivity index (χ1v) is 5.68. The molecule has 0 aliphatic rings. The number of aryl methyl sites for hydroxylation is 1. The molecule has 17 heavy (non-hydrogen) atoms. The molecule has 2 N–H and O–H groups in total. The highest BCUT2D eigenvalue weighted by molar-refractivity contribution is 6.30. The molecule has 90 valence electrons. The Hall–Kier alpha value is -1.32. The molecule has 0 spiro atoms. The summed E-state index contributed by atoms with van der Waals surface area (Å²) >= 11 is 5.71. The normalized spacial score (nSPS) is 12.7. The van der Waals surface area contributed by atoms with Crippen molar-refractivity contribution >= 4 is 11.6 Å². The first kappa shape index (κ1) is 12.1. The monoisotopic (exact) mass is 253 g/mol. The molecule has 1 aromatic carbocycles. The number of furan rings is 1. The fourth-order valence-electron chi connectivity index (χ4n) is 1.70. The van der Waals surface area contributed by atoms with Gasteiger partial charge in [0.15, 0.2) is 0 Å². The summed E-state index contributed by atoms with van der Waals surface area (Å²) < 4.78 is 18.2. The Morgan fingerprint density at radius 1 is 1.41 bits per heavy atom. The predicted molar refractivity (Wildman–Crippen MR) is 65.5 cm³/mol. The van der Waals surface area contributed by atoms with Gasteiger partial charge in [-0.3, -0.25) is 0 Å². The Bertz CT molecular complexity index is 524. The number of hydrogen-bond donors (Lipinski definition) is 1. The predicted octanol–water partition coefficient (Wildman–Crippen LogP) is 3.62. The van der Waals surface area contributed by atoms with Gasteiger partial charge in [-0.25, -0.2) is 4.39 Å². The SMILES string of the molecule is Cc1cc(C(N)Cc2ccc(F)c(Cl)c2)co1. The van der Waals surface area contributed by atoms with Gasteiger partial charge in [0.1, 0.15) is 11.6 Å². The fourth-order valence-corrected chi connectivity index (χ4v) is 1.90. The molecule has 0 bridgehead atoms. The highest BCUT2D eigenvalue weighted by Crippen LogP contribution is 2.21. The van der Waals surface area contributed by atoms with Gasteiger partial charge in [-0.15, -0.1) is 0 Å². The number of nitrogens with two attached hydrogens (primary N) is 1. The van der Waals surface area contributed by atoms with Crippen LogP contribution < -0.4 is 5.73 Å². The molecule has 0 aliphatic heterocycles. The summed E-state index contributed by atoms with van der Waals surface area (Å²) in [5.41, 5.74) is 7.87. The van der Waals surface area contributed by atoms with Crippen LogP contribution in [0.1, 0.15) is 22.9 Å². The highest BCUT2D eigenvalue weighted by atomic mass is 35.5. The molecule has 0 saturated carbocycles. The number of halogens is 2. The lowest BCUT2D eigenvalue weighted by molar-refractivity contribution is 0.528. The van der Waals surface area contributed by atoms with Crippen LogP contribution in [0.3, 0.4) is 0 Å². The molecule has 2 rings (SSSR count). The quantitative estimate of drug-likeness (QED) is 0.907. The molecule has 1 atom stereocenters. The van der Waals surface area contributed by atoms with Crippen molar-refractivity contribution in [2.75, 3.05) is 0 Å². The molecule has 1 unspecified atom stereocenters. The van der Waals surface area contributed by atoms with Crippen LogP contribution in [0.5, 0.6) is 0 Å². The van der Waals surface area contributed by atoms with E-state index in [-0.39, 0.29) is 11.1 Å². The van der Waals surface area contributed by atoms with Crippen molar-refractivity contribution in [2.24, 2.45) is 5.73 Å². The van der Waals surface area contributed by atoms with E-state index in [0.29, 0.717) is 6.42 Å². The highest BCUT2D eigenvalue weighted by Gasteiger charge is 2.10. The largest absolute Gasteiger partial charge is 0.469 e. The van der Waals surface area contributed by atoms with E-state index in [0.717, 1.165) is 16.9 Å². The number of hydrogen-bond acceptors (Lipinski definition) is 2. The molecule has 2 nitrogen and oxygen atoms in total. The Morgan fingerprint density at radius 3 is 2.76 bits per heavy atom. The van der Waals surface area contributed by atoms with Crippen molar-refractivity contribution in [3.63, 3.8) is 0 Å². The van der Waals surface area contributed by atoms with Gasteiger partial charge < -0.3 is 10.2 Å². The Balaban J connectivity index is 2.12. The van der Waals surface area contributed by atoms with Crippen molar-refractivity contribution in [1.29, 1.82) is 0 Å². The van der Waals surface area contributed by atoms with Gasteiger partial charge in [0, 0.05) is 11.6 Å². The lowest BCUT2D eigenvalue weighted by Gasteiger charge is -2.09. The molecule has 0 amide bonds. The van der Waals surface area contributed by atoms with Gasteiger partial charge in [-0.05, 0) is 37.1 Å². The summed E-state index contributed by atoms with van der Waals surface area (Å²) in [6, 6.07) is 6.37. The zero-order valence-corrected chi connectivity index (χ0v) is 10.2. The van der Waals surface area contributed by atoms with Crippen molar-refractivity contribution in [3.8, 4) is 0 Å². The van der Waals surface area contributed by atoms with E-state index in [1.807, 2.05) is 13.0 Å². The minimum atomic E-state index is -0.414. The molecule has 4 heteroatoms. The van der Waals surface area contributed by atoms with Crippen molar-refractivity contribution in [2.45, 2.75) is 19.4 Å². The van der Waals surface area contributed by atoms with E-state index in [9.17, 15) is 4.39 Å². The van der Waals surface area contributed by atoms with Crippen molar-refractivity contribution in [1.82, 2.24) is 0 Å². The minimum absolute atomic E-state index is 0.123. The first-order chi connectivity index (χ1) is 8.06. The van der Waals surface area contributed by atoms with E-state index in [1.165, 1.54) is 6.07 Å². The van der Waals surface area contributed by atoms with Gasteiger partial charge in [0.05, 0.1) is 11.3 Å². The van der Waals surface area contributed by atoms with Crippen LogP contribution in [0.25, 0.3) is 0 Å². The van der Waals surface area contributed by atoms with E-state index in [2.05, 4.69) is 0 Å². The van der Waals surface area contributed by atoms with Crippen LogP contribution in [0.2, 0.25) is 5.02 Å². The molecule has 0 radical (unpaired) electrons. The number of benzene rings is 1. The van der Waals surface area contributed by atoms with Crippen LogP contribution >= 0.6 is 11.6 Å². The lowest BCUT2D eigenvalue weighted by Crippen LogP contribution is -2.12. The number of rotatable bonds is 3. The zero-order valence-electron chi connectivity index (χ0n) is 9.41. The molecule has 0 saturated heterocycles. The molecule has 1 heterocycles. The Morgan fingerprint density at radius 2 is 2.18 bits per heavy atom. The van der Waals surface area contributed by atoms with Gasteiger partial charge in [0.25, 0.3) is 0 Å². The third kappa shape index (κ3) is 2.87. The smallest absolute Gasteiger partial charge is 0.141 e. The van der Waals surface area contributed by atoms with Crippen molar-refractivity contribution in [3.05, 3.63) is 58.3 Å². The fraction of sp³-hybridized carbons (Fsp3) is 0.231. The second-order valence-corrected chi connectivity index (χ2v) is 4.46. The standard InChI is InChI=1S/C13H13ClFNO/c1-8-4-10(7-17-8)13(16)6-9-2-3-12(15)11(14)5-9/h2-5,7,13H,6,16H2,1H3. The summed E-state index contributed by atoms with van der Waals surface area (Å²) in [7, 11) is 0. The molecular formula is C13H13ClFNO. The molecule has 1 aromatic heterocycles. The van der Waals surface area contributed by atoms with Crippen LogP contribution in [-0.4, -0.2) is 0 Å². The van der Waals surface area contributed by atoms with Crippen LogP contribution in [-0.2, 0) is 6.42 Å². The van der Waals surface area contributed by atoms with E-state index in [1.54, 1.807) is 18.4 Å². The van der Waals surface area contributed by atoms with E-state index in [4.69, 9.17) is 21.8 Å². The summed E-state index contributed by atoms with van der Waals surface area (Å²) in [5.74, 6) is 0.413. The molecular weight excluding hydrogens is 241 g/mol. The summed E-state index contributed by atoms with van der Waals surface area (Å²) in [4.78, 5) is 0. The molecule has 0 aliphatic carbocycles. The van der Waals surface area contributed by atoms with E-state index >= 15 is 0 Å². The van der Waals surface area contributed by atoms with Gasteiger partial charge in [0.2, 0.25) is 0 Å². The minimum Gasteiger partial charge on any atom is -0.469 e. The topological polar surface area (TPSA) is 39.2 Å². The average Bonchev–Trinajstić information content (AvgIpc) is 2.70. The Labute approximate surface area is 104 Å². The third-order valence-corrected chi connectivity index (χ3v) is 2.91. The van der Waals surface area contributed by atoms with Gasteiger partial charge in [-0.1, -0.05) is 17.7 Å². The summed E-state index contributed by atoms with van der Waals surface area (Å²) in [5, 5.41) is 0.123. The van der Waals surface area contributed by atoms with Crippen LogP contribution in [0.15, 0.2) is 34.9 Å². The second kappa shape index (κ2) is 4.90. The summed E-state index contributed by atoms with van der Waals surface area (Å²) in [6.45, 7) is 1.87. The summed E-state index contributed by atoms with van der Waals surface area (Å²) in [6.07, 6.45) is 2.24. The maximum atomic E-state index is 13.0. The van der Waals surface area contributed by atoms with Gasteiger partial charge in [-0.2, -0.15) is 0 Å². The maximum absolute atomic E-state index is 13.0. The van der Waals surface area contributed by atoms with Crippen LogP contribution in [0, 0.1) is 12.7 Å². The Kier molecular flexibility index (Phi) is 3.50. The van der Waals surface area contributed by atoms with E-state index < -0.39 is 5.82 Å². The average molecular weight is 254 g/mol. The first-order valence-electron chi connectivity index (χ1n) is 5.31. The molecule has 2 aromatic rings. The van der Waals surface area contributed by atoms with Gasteiger partial charge >= 0.3 is 0 Å². The van der Waals surface area contributed by atoms with Crippen LogP contribution in [0.4, 0.5) is 4.39 Å². The maximum Gasteiger partial charge on any atom is 0.141 e. The lowest BCUT2D eigenvalue weighted by atomic mass is 10.0. The third-order valence-electron chi connectivity index (χ3n) is 2.62.